The lowest BCUT2D eigenvalue weighted by Crippen LogP contribution is -2.54. The fourth-order valence-electron chi connectivity index (χ4n) is 4.10. The summed E-state index contributed by atoms with van der Waals surface area (Å²) in [5.41, 5.74) is -1.71. The number of carbonyl (C=O) groups excluding carboxylic acids is 3. The summed E-state index contributed by atoms with van der Waals surface area (Å²) in [5, 5.41) is 33.0. The summed E-state index contributed by atoms with van der Waals surface area (Å²) in [6.45, 7) is 3.72. The number of nitrogens with zero attached hydrogens (tertiary/aromatic N) is 2. The number of allylic oxidation sites excluding steroid dienone is 1. The smallest absolute Gasteiger partial charge is 0.323 e. The lowest BCUT2D eigenvalue weighted by atomic mass is 9.95. The number of amides is 1. The summed E-state index contributed by atoms with van der Waals surface area (Å²) in [6, 6.07) is 14.5. The molecule has 0 radical (unpaired) electrons. The van der Waals surface area contributed by atoms with Crippen LogP contribution in [-0.2, 0) is 23.9 Å². The van der Waals surface area contributed by atoms with Crippen LogP contribution in [0.2, 0.25) is 0 Å². The van der Waals surface area contributed by atoms with Crippen molar-refractivity contribution in [3.8, 4) is 5.75 Å². The quantitative estimate of drug-likeness (QED) is 0.171. The van der Waals surface area contributed by atoms with Gasteiger partial charge in [0.25, 0.3) is 0 Å². The van der Waals surface area contributed by atoms with Gasteiger partial charge < -0.3 is 29.3 Å². The van der Waals surface area contributed by atoms with E-state index in [1.165, 1.54) is 30.6 Å². The number of para-hydroxylation sites is 1. The van der Waals surface area contributed by atoms with Crippen LogP contribution in [0.5, 0.6) is 5.75 Å². The second kappa shape index (κ2) is 15.1. The third-order valence-electron chi connectivity index (χ3n) is 6.19. The normalized spacial score (nSPS) is 25.5. The minimum Gasteiger partial charge on any atom is -0.462 e. The Morgan fingerprint density at radius 2 is 1.91 bits per heavy atom. The molecule has 14 heteroatoms. The van der Waals surface area contributed by atoms with Gasteiger partial charge in [-0.1, -0.05) is 24.3 Å². The Balaban J connectivity index is 0.000000248. The van der Waals surface area contributed by atoms with Crippen LogP contribution in [0.4, 0.5) is 0 Å². The van der Waals surface area contributed by atoms with Crippen LogP contribution in [0, 0.1) is 0 Å². The monoisotopic (exact) mass is 635 g/mol. The molecule has 1 aromatic carbocycles. The van der Waals surface area contributed by atoms with Crippen molar-refractivity contribution >= 4 is 41.8 Å². The number of aliphatic hydroxyl groups excluding tert-OH is 2. The maximum Gasteiger partial charge on any atom is 0.323 e. The molecule has 12 nitrogen and oxygen atoms in total. The molecule has 2 aromatic rings. The van der Waals surface area contributed by atoms with Gasteiger partial charge in [-0.2, -0.15) is 0 Å². The second-order valence-electron chi connectivity index (χ2n) is 10.3. The maximum absolute atomic E-state index is 12.2. The van der Waals surface area contributed by atoms with Crippen molar-refractivity contribution in [2.24, 2.45) is 0 Å². The number of ketones is 1. The first kappa shape index (κ1) is 34.5. The Bertz CT molecular complexity index is 1280. The molecule has 4 rings (SSSR count). The Labute approximate surface area is 254 Å². The third-order valence-corrected chi connectivity index (χ3v) is 10.2. The number of hydrogen-bond donors (Lipinski definition) is 4. The number of aliphatic hydroxyl groups is 3. The molecule has 0 spiro atoms. The largest absolute Gasteiger partial charge is 0.462 e. The van der Waals surface area contributed by atoms with Gasteiger partial charge in [-0.05, 0) is 75.7 Å². The lowest BCUT2D eigenvalue weighted by molar-refractivity contribution is -0.158. The van der Waals surface area contributed by atoms with E-state index in [2.05, 4.69) is 16.4 Å². The average molecular weight is 636 g/mol. The van der Waals surface area contributed by atoms with Gasteiger partial charge in [0.05, 0.1) is 19.1 Å². The van der Waals surface area contributed by atoms with E-state index in [1.807, 2.05) is 62.4 Å². The van der Waals surface area contributed by atoms with Crippen molar-refractivity contribution in [2.75, 3.05) is 6.61 Å². The molecular weight excluding hydrogens is 597 g/mol. The molecule has 1 saturated heterocycles. The van der Waals surface area contributed by atoms with Gasteiger partial charge in [0.2, 0.25) is 5.91 Å². The van der Waals surface area contributed by atoms with E-state index < -0.39 is 49.1 Å². The van der Waals surface area contributed by atoms with Crippen LogP contribution in [0.3, 0.4) is 0 Å². The summed E-state index contributed by atoms with van der Waals surface area (Å²) in [6.07, 6.45) is 4.52. The first-order chi connectivity index (χ1) is 20.3. The summed E-state index contributed by atoms with van der Waals surface area (Å²) in [5.74, 6) is -0.487. The first-order valence-corrected chi connectivity index (χ1v) is 16.8. The minimum atomic E-state index is -2.51. The Hall–Kier alpha value is -3.03. The molecule has 234 valence electrons. The number of carbonyl (C=O) groups is 3. The molecule has 1 aromatic heterocycles. The van der Waals surface area contributed by atoms with Crippen LogP contribution in [0.1, 0.15) is 34.1 Å². The summed E-state index contributed by atoms with van der Waals surface area (Å²) < 4.78 is 16.7. The van der Waals surface area contributed by atoms with Gasteiger partial charge in [-0.25, -0.2) is 10.1 Å². The van der Waals surface area contributed by atoms with Gasteiger partial charge in [0.1, 0.15) is 34.6 Å². The summed E-state index contributed by atoms with van der Waals surface area (Å²) in [4.78, 5) is 40.3. The fraction of sp³-hybridized carbons (Fsp3) is 0.414. The molecule has 4 N–H and O–H groups in total. The first-order valence-electron chi connectivity index (χ1n) is 13.5. The molecule has 43 heavy (non-hydrogen) atoms. The number of ether oxygens (including phenoxy) is 2. The molecule has 1 unspecified atom stereocenters. The third kappa shape index (κ3) is 9.48. The number of pyridine rings is 1. The predicted octanol–water partition coefficient (Wildman–Crippen LogP) is 2.51. The minimum absolute atomic E-state index is 0.173. The molecule has 1 amide bonds. The van der Waals surface area contributed by atoms with E-state index in [0.717, 1.165) is 9.93 Å². The highest BCUT2D eigenvalue weighted by molar-refractivity contribution is 8.59. The standard InChI is InChI=1S/C18H23N2O3PS.C11H15NO6/c1-14(2)22-18(21)15(3)20-24(4,23-16-10-6-5-7-11-16)25-17-12-8-9-13-19-17;1-11(17)9(16)7(5-13)18-10(11)12-3-2-6(14)4-8(12)15/h5-15,20H,4H2,1-3H3;2-3,7,9-10,13,16-17H,4-5H2,1H3/t15-,24?;7-,9-,10-,11-/m01/s1. The number of esters is 1. The fourth-order valence-corrected chi connectivity index (χ4v) is 8.19. The molecule has 0 aliphatic carbocycles. The Morgan fingerprint density at radius 3 is 2.47 bits per heavy atom. The number of nitrogens with one attached hydrogen (secondary N) is 1. The molecule has 0 bridgehead atoms. The number of benzene rings is 1. The number of hydrogen-bond acceptors (Lipinski definition) is 12. The SMILES string of the molecule is C=P(N[C@@H](C)C(=O)OC(C)C)(Oc1ccccc1)Sc1ccccn1.C[C@@]1(O)[C@H](O)[C@@H](CO)O[C@H]1N1C=CC(=O)CC1=O. The van der Waals surface area contributed by atoms with Crippen molar-refractivity contribution in [3.63, 3.8) is 0 Å². The summed E-state index contributed by atoms with van der Waals surface area (Å²) >= 11 is 1.40. The highest BCUT2D eigenvalue weighted by Crippen LogP contribution is 2.58. The van der Waals surface area contributed by atoms with Crippen molar-refractivity contribution in [1.82, 2.24) is 15.0 Å². The zero-order chi connectivity index (χ0) is 31.8. The zero-order valence-electron chi connectivity index (χ0n) is 24.4. The zero-order valence-corrected chi connectivity index (χ0v) is 26.1. The topological polar surface area (TPSA) is 168 Å². The second-order valence-corrected chi connectivity index (χ2v) is 15.0. The van der Waals surface area contributed by atoms with E-state index >= 15 is 0 Å². The van der Waals surface area contributed by atoms with Crippen molar-refractivity contribution < 1.29 is 43.7 Å². The molecule has 1 fully saturated rings. The van der Waals surface area contributed by atoms with Crippen molar-refractivity contribution in [2.45, 2.75) is 75.3 Å². The van der Waals surface area contributed by atoms with Crippen LogP contribution in [-0.4, -0.2) is 92.0 Å². The van der Waals surface area contributed by atoms with Crippen LogP contribution in [0.15, 0.2) is 72.0 Å². The van der Waals surface area contributed by atoms with Gasteiger partial charge in [-0.15, -0.1) is 0 Å². The molecule has 6 atom stereocenters. The van der Waals surface area contributed by atoms with E-state index in [0.29, 0.717) is 5.75 Å². The van der Waals surface area contributed by atoms with Crippen molar-refractivity contribution in [3.05, 3.63) is 67.0 Å². The van der Waals surface area contributed by atoms with Crippen molar-refractivity contribution in [1.29, 1.82) is 0 Å². The van der Waals surface area contributed by atoms with E-state index in [4.69, 9.17) is 19.1 Å². The number of rotatable bonds is 10. The summed E-state index contributed by atoms with van der Waals surface area (Å²) in [7, 11) is 0. The van der Waals surface area contributed by atoms with Gasteiger partial charge in [-0.3, -0.25) is 19.3 Å². The van der Waals surface area contributed by atoms with E-state index in [9.17, 15) is 24.6 Å². The van der Waals surface area contributed by atoms with Gasteiger partial charge in [0.15, 0.2) is 18.5 Å². The molecule has 0 saturated carbocycles. The predicted molar refractivity (Wildman–Crippen MR) is 163 cm³/mol. The molecule has 2 aliphatic rings. The molecule has 3 heterocycles. The molecule has 2 aliphatic heterocycles. The highest BCUT2D eigenvalue weighted by atomic mass is 32.7. The van der Waals surface area contributed by atoms with Gasteiger partial charge in [0, 0.05) is 12.4 Å². The Morgan fingerprint density at radius 1 is 1.23 bits per heavy atom. The molecular formula is C29H38N3O9PS. The average Bonchev–Trinajstić information content (AvgIpc) is 3.17. The number of aromatic nitrogens is 1. The van der Waals surface area contributed by atoms with Crippen LogP contribution >= 0.6 is 17.8 Å². The Kier molecular flexibility index (Phi) is 12.1. The lowest BCUT2D eigenvalue weighted by Gasteiger charge is -2.34. The highest BCUT2D eigenvalue weighted by Gasteiger charge is 2.55. The van der Waals surface area contributed by atoms with Crippen LogP contribution < -0.4 is 9.61 Å². The van der Waals surface area contributed by atoms with E-state index in [-0.39, 0.29) is 24.3 Å². The van der Waals surface area contributed by atoms with E-state index in [1.54, 1.807) is 13.1 Å². The van der Waals surface area contributed by atoms with Crippen LogP contribution in [0.25, 0.3) is 0 Å². The maximum atomic E-state index is 12.2. The van der Waals surface area contributed by atoms with Gasteiger partial charge >= 0.3 is 5.97 Å².